The second-order valence-corrected chi connectivity index (χ2v) is 5.68. The van der Waals surface area contributed by atoms with Gasteiger partial charge in [-0.3, -0.25) is 4.79 Å². The van der Waals surface area contributed by atoms with Crippen molar-refractivity contribution in [2.24, 2.45) is 5.92 Å². The zero-order valence-electron chi connectivity index (χ0n) is 11.0. The van der Waals surface area contributed by atoms with Gasteiger partial charge in [0, 0.05) is 17.8 Å². The quantitative estimate of drug-likeness (QED) is 0.838. The van der Waals surface area contributed by atoms with Gasteiger partial charge >= 0.3 is 0 Å². The van der Waals surface area contributed by atoms with Gasteiger partial charge in [0.05, 0.1) is 5.92 Å². The third-order valence-corrected chi connectivity index (χ3v) is 4.41. The topological polar surface area (TPSA) is 41.1 Å². The average molecular weight is 244 g/mol. The summed E-state index contributed by atoms with van der Waals surface area (Å²) in [6.07, 6.45) is 3.38. The molecule has 3 nitrogen and oxygen atoms in total. The van der Waals surface area contributed by atoms with E-state index in [2.05, 4.69) is 30.5 Å². The van der Waals surface area contributed by atoms with Crippen molar-refractivity contribution in [2.75, 3.05) is 5.32 Å². The number of carbonyl (C=O) groups excluding carboxylic acids is 1. The fourth-order valence-electron chi connectivity index (χ4n) is 3.17. The number of hydrogen-bond acceptors (Lipinski definition) is 2. The van der Waals surface area contributed by atoms with Crippen LogP contribution in [0.3, 0.4) is 0 Å². The van der Waals surface area contributed by atoms with E-state index >= 15 is 0 Å². The lowest BCUT2D eigenvalue weighted by Crippen LogP contribution is -2.32. The third-order valence-electron chi connectivity index (χ3n) is 4.41. The molecule has 0 radical (unpaired) electrons. The van der Waals surface area contributed by atoms with Crippen molar-refractivity contribution in [1.82, 2.24) is 5.32 Å². The molecule has 3 unspecified atom stereocenters. The minimum absolute atomic E-state index is 0.158. The molecule has 2 saturated heterocycles. The van der Waals surface area contributed by atoms with Crippen LogP contribution in [0.2, 0.25) is 0 Å². The summed E-state index contributed by atoms with van der Waals surface area (Å²) in [4.78, 5) is 12.2. The summed E-state index contributed by atoms with van der Waals surface area (Å²) in [7, 11) is 0. The number of nitrogens with one attached hydrogen (secondary N) is 2. The number of benzene rings is 1. The van der Waals surface area contributed by atoms with Gasteiger partial charge in [-0.1, -0.05) is 6.07 Å². The minimum Gasteiger partial charge on any atom is -0.326 e. The van der Waals surface area contributed by atoms with Crippen LogP contribution in [0.1, 0.15) is 30.4 Å². The van der Waals surface area contributed by atoms with Crippen molar-refractivity contribution in [3.8, 4) is 0 Å². The van der Waals surface area contributed by atoms with Crippen LogP contribution in [-0.4, -0.2) is 18.0 Å². The predicted octanol–water partition coefficient (Wildman–Crippen LogP) is 2.38. The lowest BCUT2D eigenvalue weighted by molar-refractivity contribution is -0.120. The van der Waals surface area contributed by atoms with Crippen LogP contribution in [0, 0.1) is 19.8 Å². The lowest BCUT2D eigenvalue weighted by atomic mass is 9.88. The van der Waals surface area contributed by atoms with Crippen molar-refractivity contribution in [3.05, 3.63) is 29.3 Å². The highest BCUT2D eigenvalue weighted by Crippen LogP contribution is 2.33. The van der Waals surface area contributed by atoms with Crippen LogP contribution in [0.4, 0.5) is 5.69 Å². The summed E-state index contributed by atoms with van der Waals surface area (Å²) in [6, 6.07) is 7.07. The lowest BCUT2D eigenvalue weighted by Gasteiger charge is -2.19. The molecule has 3 heteroatoms. The molecule has 1 aromatic carbocycles. The van der Waals surface area contributed by atoms with E-state index in [-0.39, 0.29) is 11.8 Å². The number of fused-ring (bicyclic) bond motifs is 2. The number of hydrogen-bond donors (Lipinski definition) is 2. The maximum atomic E-state index is 12.2. The molecule has 0 spiro atoms. The van der Waals surface area contributed by atoms with Crippen LogP contribution >= 0.6 is 0 Å². The molecule has 18 heavy (non-hydrogen) atoms. The van der Waals surface area contributed by atoms with Gasteiger partial charge in [0.25, 0.3) is 0 Å². The van der Waals surface area contributed by atoms with Gasteiger partial charge in [-0.05, 0) is 56.4 Å². The monoisotopic (exact) mass is 244 g/mol. The number of carbonyl (C=O) groups is 1. The third kappa shape index (κ3) is 2.03. The number of amides is 1. The summed E-state index contributed by atoms with van der Waals surface area (Å²) in [6.45, 7) is 4.16. The Morgan fingerprint density at radius 3 is 2.72 bits per heavy atom. The minimum atomic E-state index is 0.158. The van der Waals surface area contributed by atoms with Crippen LogP contribution in [0.15, 0.2) is 18.2 Å². The number of anilines is 1. The molecular weight excluding hydrogens is 224 g/mol. The SMILES string of the molecule is Cc1ccc(NC(=O)C2CC3CCC2N3)cc1C. The molecule has 1 aromatic rings. The van der Waals surface area contributed by atoms with Crippen molar-refractivity contribution >= 4 is 11.6 Å². The fraction of sp³-hybridized carbons (Fsp3) is 0.533. The highest BCUT2D eigenvalue weighted by molar-refractivity contribution is 5.93. The molecule has 2 aliphatic heterocycles. The Bertz CT molecular complexity index is 483. The predicted molar refractivity (Wildman–Crippen MR) is 72.6 cm³/mol. The molecule has 96 valence electrons. The van der Waals surface area contributed by atoms with Gasteiger partial charge in [-0.2, -0.15) is 0 Å². The van der Waals surface area contributed by atoms with Gasteiger partial charge in [-0.25, -0.2) is 0 Å². The van der Waals surface area contributed by atoms with Crippen LogP contribution in [-0.2, 0) is 4.79 Å². The average Bonchev–Trinajstić information content (AvgIpc) is 2.96. The van der Waals surface area contributed by atoms with Gasteiger partial charge < -0.3 is 10.6 Å². The first-order valence-corrected chi connectivity index (χ1v) is 6.77. The molecule has 2 fully saturated rings. The molecular formula is C15H20N2O. The Morgan fingerprint density at radius 1 is 1.28 bits per heavy atom. The van der Waals surface area contributed by atoms with Crippen molar-refractivity contribution in [3.63, 3.8) is 0 Å². The summed E-state index contributed by atoms with van der Waals surface area (Å²) in [5, 5.41) is 6.56. The molecule has 3 rings (SSSR count). The molecule has 2 heterocycles. The second kappa shape index (κ2) is 4.39. The van der Waals surface area contributed by atoms with Crippen molar-refractivity contribution in [1.29, 1.82) is 0 Å². The van der Waals surface area contributed by atoms with Crippen molar-refractivity contribution < 1.29 is 4.79 Å². The van der Waals surface area contributed by atoms with Crippen molar-refractivity contribution in [2.45, 2.75) is 45.2 Å². The zero-order chi connectivity index (χ0) is 12.7. The molecule has 2 aliphatic rings. The first-order valence-electron chi connectivity index (χ1n) is 6.77. The number of rotatable bonds is 2. The Labute approximate surface area is 108 Å². The fourth-order valence-corrected chi connectivity index (χ4v) is 3.17. The Hall–Kier alpha value is -1.35. The highest BCUT2D eigenvalue weighted by atomic mass is 16.2. The van der Waals surface area contributed by atoms with E-state index in [4.69, 9.17) is 0 Å². The van der Waals surface area contributed by atoms with E-state index in [0.29, 0.717) is 12.1 Å². The first kappa shape index (κ1) is 11.7. The maximum absolute atomic E-state index is 12.2. The second-order valence-electron chi connectivity index (χ2n) is 5.68. The maximum Gasteiger partial charge on any atom is 0.229 e. The molecule has 2 bridgehead atoms. The summed E-state index contributed by atoms with van der Waals surface area (Å²) >= 11 is 0. The zero-order valence-corrected chi connectivity index (χ0v) is 11.0. The standard InChI is InChI=1S/C15H20N2O/c1-9-3-4-11(7-10(9)2)17-15(18)13-8-12-5-6-14(13)16-12/h3-4,7,12-14,16H,5-6,8H2,1-2H3,(H,17,18). The summed E-state index contributed by atoms with van der Waals surface area (Å²) in [5.41, 5.74) is 3.40. The van der Waals surface area contributed by atoms with Gasteiger partial charge in [0.1, 0.15) is 0 Å². The van der Waals surface area contributed by atoms with Gasteiger partial charge in [0.2, 0.25) is 5.91 Å². The van der Waals surface area contributed by atoms with Gasteiger partial charge in [-0.15, -0.1) is 0 Å². The smallest absolute Gasteiger partial charge is 0.229 e. The highest BCUT2D eigenvalue weighted by Gasteiger charge is 2.42. The Kier molecular flexibility index (Phi) is 2.86. The van der Waals surface area contributed by atoms with E-state index in [1.807, 2.05) is 12.1 Å². The summed E-state index contributed by atoms with van der Waals surface area (Å²) in [5.74, 6) is 0.336. The largest absolute Gasteiger partial charge is 0.326 e. The van der Waals surface area contributed by atoms with E-state index in [9.17, 15) is 4.79 Å². The van der Waals surface area contributed by atoms with Gasteiger partial charge in [0.15, 0.2) is 0 Å². The normalized spacial score (nSPS) is 29.6. The molecule has 0 aliphatic carbocycles. The van der Waals surface area contributed by atoms with E-state index in [1.54, 1.807) is 0 Å². The Balaban J connectivity index is 1.69. The molecule has 0 aromatic heterocycles. The molecule has 2 N–H and O–H groups in total. The van der Waals surface area contributed by atoms with E-state index < -0.39 is 0 Å². The molecule has 3 atom stereocenters. The van der Waals surface area contributed by atoms with Crippen LogP contribution < -0.4 is 10.6 Å². The molecule has 1 amide bonds. The van der Waals surface area contributed by atoms with E-state index in [1.165, 1.54) is 17.5 Å². The summed E-state index contributed by atoms with van der Waals surface area (Å²) < 4.78 is 0. The molecule has 0 saturated carbocycles. The van der Waals surface area contributed by atoms with Crippen LogP contribution in [0.5, 0.6) is 0 Å². The Morgan fingerprint density at radius 2 is 2.11 bits per heavy atom. The first-order chi connectivity index (χ1) is 8.63. The number of aryl methyl sites for hydroxylation is 2. The van der Waals surface area contributed by atoms with Crippen LogP contribution in [0.25, 0.3) is 0 Å². The van der Waals surface area contributed by atoms with E-state index in [0.717, 1.165) is 18.5 Å².